The van der Waals surface area contributed by atoms with E-state index in [0.717, 1.165) is 13.1 Å². The summed E-state index contributed by atoms with van der Waals surface area (Å²) >= 11 is 0. The SMILES string of the molecule is COc1cc(OC)c2ncc(C(=O)N3CCN(C)CC3)c(O)c2c1. The number of hydrogen-bond acceptors (Lipinski definition) is 6. The Bertz CT molecular complexity index is 770. The third-order valence-corrected chi connectivity index (χ3v) is 4.36. The molecule has 1 N–H and O–H groups in total. The molecule has 0 spiro atoms. The van der Waals surface area contributed by atoms with Gasteiger partial charge in [-0.05, 0) is 13.1 Å². The molecule has 0 aliphatic carbocycles. The van der Waals surface area contributed by atoms with Gasteiger partial charge in [-0.1, -0.05) is 0 Å². The van der Waals surface area contributed by atoms with Gasteiger partial charge in [0.15, 0.2) is 0 Å². The summed E-state index contributed by atoms with van der Waals surface area (Å²) in [6, 6.07) is 3.34. The first-order valence-corrected chi connectivity index (χ1v) is 7.76. The van der Waals surface area contributed by atoms with Crippen LogP contribution in [0.1, 0.15) is 10.4 Å². The van der Waals surface area contributed by atoms with E-state index < -0.39 is 0 Å². The first-order valence-electron chi connectivity index (χ1n) is 7.76. The normalized spacial score (nSPS) is 15.5. The molecule has 0 radical (unpaired) electrons. The number of amides is 1. The number of pyridine rings is 1. The summed E-state index contributed by atoms with van der Waals surface area (Å²) in [5, 5.41) is 11.1. The number of hydrogen-bond donors (Lipinski definition) is 1. The Kier molecular flexibility index (Phi) is 4.44. The lowest BCUT2D eigenvalue weighted by Gasteiger charge is -2.32. The van der Waals surface area contributed by atoms with E-state index >= 15 is 0 Å². The zero-order valence-electron chi connectivity index (χ0n) is 14.1. The van der Waals surface area contributed by atoms with E-state index in [2.05, 4.69) is 9.88 Å². The van der Waals surface area contributed by atoms with Crippen LogP contribution in [0.4, 0.5) is 0 Å². The smallest absolute Gasteiger partial charge is 0.259 e. The fourth-order valence-corrected chi connectivity index (χ4v) is 2.84. The van der Waals surface area contributed by atoms with Gasteiger partial charge in [-0.2, -0.15) is 0 Å². The van der Waals surface area contributed by atoms with Gasteiger partial charge in [0.2, 0.25) is 0 Å². The number of carbonyl (C=O) groups excluding carboxylic acids is 1. The van der Waals surface area contributed by atoms with Crippen molar-refractivity contribution in [3.8, 4) is 17.2 Å². The van der Waals surface area contributed by atoms with Crippen LogP contribution in [0.25, 0.3) is 10.9 Å². The van der Waals surface area contributed by atoms with Crippen LogP contribution in [-0.4, -0.2) is 73.2 Å². The summed E-state index contributed by atoms with van der Waals surface area (Å²) in [5.74, 6) is 0.705. The molecule has 0 unspecified atom stereocenters. The Morgan fingerprint density at radius 3 is 2.50 bits per heavy atom. The van der Waals surface area contributed by atoms with Crippen LogP contribution in [-0.2, 0) is 0 Å². The summed E-state index contributed by atoms with van der Waals surface area (Å²) in [7, 11) is 5.08. The molecule has 128 valence electrons. The molecule has 3 rings (SSSR count). The lowest BCUT2D eigenvalue weighted by molar-refractivity contribution is 0.0661. The van der Waals surface area contributed by atoms with Gasteiger partial charge in [-0.25, -0.2) is 0 Å². The fourth-order valence-electron chi connectivity index (χ4n) is 2.84. The minimum Gasteiger partial charge on any atom is -0.506 e. The summed E-state index contributed by atoms with van der Waals surface area (Å²) in [6.45, 7) is 2.90. The lowest BCUT2D eigenvalue weighted by Crippen LogP contribution is -2.47. The van der Waals surface area contributed by atoms with E-state index in [4.69, 9.17) is 9.47 Å². The number of carbonyl (C=O) groups is 1. The predicted octanol–water partition coefficient (Wildman–Crippen LogP) is 1.35. The highest BCUT2D eigenvalue weighted by Crippen LogP contribution is 2.36. The standard InChI is InChI=1S/C17H21N3O4/c1-19-4-6-20(7-5-19)17(22)13-10-18-15-12(16(13)21)8-11(23-2)9-14(15)24-3/h8-10H,4-7H2,1-3H3,(H,18,21). The maximum Gasteiger partial charge on any atom is 0.259 e. The van der Waals surface area contributed by atoms with Gasteiger partial charge in [0.25, 0.3) is 5.91 Å². The first-order chi connectivity index (χ1) is 11.5. The molecule has 0 atom stereocenters. The lowest BCUT2D eigenvalue weighted by atomic mass is 10.1. The minimum atomic E-state index is -0.211. The molecule has 1 aromatic heterocycles. The molecule has 0 bridgehead atoms. The van der Waals surface area contributed by atoms with Crippen molar-refractivity contribution >= 4 is 16.8 Å². The number of likely N-dealkylation sites (N-methyl/N-ethyl adjacent to an activating group) is 1. The van der Waals surface area contributed by atoms with Crippen molar-refractivity contribution in [3.05, 3.63) is 23.9 Å². The number of methoxy groups -OCH3 is 2. The molecule has 1 aliphatic rings. The summed E-state index contributed by atoms with van der Waals surface area (Å²) in [5.41, 5.74) is 0.688. The Balaban J connectivity index is 2.03. The minimum absolute atomic E-state index is 0.0962. The van der Waals surface area contributed by atoms with Crippen molar-refractivity contribution in [2.45, 2.75) is 0 Å². The quantitative estimate of drug-likeness (QED) is 0.915. The largest absolute Gasteiger partial charge is 0.506 e. The monoisotopic (exact) mass is 331 g/mol. The Hall–Kier alpha value is -2.54. The molecule has 1 aromatic carbocycles. The van der Waals surface area contributed by atoms with Crippen LogP contribution in [0.2, 0.25) is 0 Å². The van der Waals surface area contributed by atoms with Gasteiger partial charge < -0.3 is 24.4 Å². The average Bonchev–Trinajstić information content (AvgIpc) is 2.61. The molecule has 7 nitrogen and oxygen atoms in total. The molecular formula is C17H21N3O4. The second-order valence-electron chi connectivity index (χ2n) is 5.84. The van der Waals surface area contributed by atoms with Crippen LogP contribution < -0.4 is 9.47 Å². The maximum atomic E-state index is 12.7. The number of ether oxygens (including phenoxy) is 2. The van der Waals surface area contributed by atoms with Gasteiger partial charge in [0, 0.05) is 38.4 Å². The van der Waals surface area contributed by atoms with Crippen LogP contribution in [0.5, 0.6) is 17.2 Å². The van der Waals surface area contributed by atoms with Crippen molar-refractivity contribution < 1.29 is 19.4 Å². The van der Waals surface area contributed by atoms with Crippen molar-refractivity contribution in [2.24, 2.45) is 0 Å². The highest BCUT2D eigenvalue weighted by atomic mass is 16.5. The van der Waals surface area contributed by atoms with Gasteiger partial charge in [-0.3, -0.25) is 9.78 Å². The van der Waals surface area contributed by atoms with Crippen LogP contribution >= 0.6 is 0 Å². The van der Waals surface area contributed by atoms with E-state index in [0.29, 0.717) is 35.5 Å². The summed E-state index contributed by atoms with van der Waals surface area (Å²) < 4.78 is 10.5. The molecule has 1 aliphatic heterocycles. The van der Waals surface area contributed by atoms with Crippen molar-refractivity contribution in [1.29, 1.82) is 0 Å². The number of piperazine rings is 1. The van der Waals surface area contributed by atoms with Crippen LogP contribution in [0, 0.1) is 0 Å². The van der Waals surface area contributed by atoms with Crippen molar-refractivity contribution in [3.63, 3.8) is 0 Å². The van der Waals surface area contributed by atoms with E-state index in [1.54, 1.807) is 17.0 Å². The second kappa shape index (κ2) is 6.52. The third kappa shape index (κ3) is 2.82. The Morgan fingerprint density at radius 2 is 1.88 bits per heavy atom. The highest BCUT2D eigenvalue weighted by molar-refractivity contribution is 6.03. The number of benzene rings is 1. The molecule has 1 fully saturated rings. The Morgan fingerprint density at radius 1 is 1.17 bits per heavy atom. The molecule has 0 saturated carbocycles. The summed E-state index contributed by atoms with van der Waals surface area (Å²) in [6.07, 6.45) is 1.41. The Labute approximate surface area is 140 Å². The number of aromatic nitrogens is 1. The zero-order valence-corrected chi connectivity index (χ0v) is 14.1. The molecule has 1 amide bonds. The highest BCUT2D eigenvalue weighted by Gasteiger charge is 2.24. The van der Waals surface area contributed by atoms with Crippen molar-refractivity contribution in [1.82, 2.24) is 14.8 Å². The molecule has 24 heavy (non-hydrogen) atoms. The number of rotatable bonds is 3. The zero-order chi connectivity index (χ0) is 17.3. The van der Waals surface area contributed by atoms with E-state index in [1.807, 2.05) is 7.05 Å². The molecule has 7 heteroatoms. The number of fused-ring (bicyclic) bond motifs is 1. The first kappa shape index (κ1) is 16.3. The average molecular weight is 331 g/mol. The predicted molar refractivity (Wildman–Crippen MR) is 89.9 cm³/mol. The maximum absolute atomic E-state index is 12.7. The van der Waals surface area contributed by atoms with E-state index in [1.165, 1.54) is 20.4 Å². The van der Waals surface area contributed by atoms with Crippen LogP contribution in [0.15, 0.2) is 18.3 Å². The number of nitrogens with zero attached hydrogens (tertiary/aromatic N) is 3. The molecular weight excluding hydrogens is 310 g/mol. The van der Waals surface area contributed by atoms with Gasteiger partial charge >= 0.3 is 0 Å². The summed E-state index contributed by atoms with van der Waals surface area (Å²) in [4.78, 5) is 20.9. The second-order valence-corrected chi connectivity index (χ2v) is 5.84. The molecule has 1 saturated heterocycles. The fraction of sp³-hybridized carbons (Fsp3) is 0.412. The van der Waals surface area contributed by atoms with E-state index in [9.17, 15) is 9.90 Å². The van der Waals surface area contributed by atoms with Gasteiger partial charge in [-0.15, -0.1) is 0 Å². The number of aromatic hydroxyl groups is 1. The molecule has 2 heterocycles. The third-order valence-electron chi connectivity index (χ3n) is 4.36. The van der Waals surface area contributed by atoms with E-state index in [-0.39, 0.29) is 17.2 Å². The van der Waals surface area contributed by atoms with Crippen molar-refractivity contribution in [2.75, 3.05) is 47.4 Å². The topological polar surface area (TPSA) is 75.1 Å². The van der Waals surface area contributed by atoms with Crippen LogP contribution in [0.3, 0.4) is 0 Å². The molecule has 2 aromatic rings. The van der Waals surface area contributed by atoms with Gasteiger partial charge in [0.05, 0.1) is 19.6 Å². The van der Waals surface area contributed by atoms with Gasteiger partial charge in [0.1, 0.15) is 28.3 Å².